The van der Waals surface area contributed by atoms with Crippen molar-refractivity contribution < 1.29 is 18.3 Å². The van der Waals surface area contributed by atoms with Crippen LogP contribution in [0.3, 0.4) is 0 Å². The number of hydrogen-bond acceptors (Lipinski definition) is 5. The molecule has 36 heavy (non-hydrogen) atoms. The quantitative estimate of drug-likeness (QED) is 0.494. The normalized spacial score (nSPS) is 26.0. The highest BCUT2D eigenvalue weighted by atomic mass is 19.3. The van der Waals surface area contributed by atoms with Crippen molar-refractivity contribution >= 4 is 28.6 Å². The molecule has 1 saturated carbocycles. The third kappa shape index (κ3) is 4.15. The molecule has 2 bridgehead atoms. The summed E-state index contributed by atoms with van der Waals surface area (Å²) in [7, 11) is 0. The van der Waals surface area contributed by atoms with E-state index in [1.165, 1.54) is 4.57 Å². The van der Waals surface area contributed by atoms with E-state index < -0.39 is 18.2 Å². The number of anilines is 2. The number of ether oxygens (including phenoxy) is 1. The molecular weight excluding hydrogens is 466 g/mol. The van der Waals surface area contributed by atoms with Gasteiger partial charge in [-0.3, -0.25) is 9.25 Å². The molecule has 3 fully saturated rings. The number of fused-ring (bicyclic) bond motifs is 3. The Morgan fingerprint density at radius 3 is 2.61 bits per heavy atom. The highest BCUT2D eigenvalue weighted by Crippen LogP contribution is 2.37. The zero-order valence-corrected chi connectivity index (χ0v) is 20.6. The van der Waals surface area contributed by atoms with Crippen molar-refractivity contribution in [2.24, 2.45) is 11.8 Å². The second-order valence-electron chi connectivity index (χ2n) is 10.7. The SMILES string of the molecule is CC(C)C1CCC(n2cc(NC(=O)n3ccc4ccc(N5C[C@H]6C[C@@H]5CO6)nc43)c(C(F)F)n2)CC1. The zero-order chi connectivity index (χ0) is 25.0. The van der Waals surface area contributed by atoms with Gasteiger partial charge in [0.15, 0.2) is 11.3 Å². The van der Waals surface area contributed by atoms with Gasteiger partial charge in [-0.15, -0.1) is 0 Å². The monoisotopic (exact) mass is 498 g/mol. The van der Waals surface area contributed by atoms with Gasteiger partial charge >= 0.3 is 6.03 Å². The Balaban J connectivity index is 1.23. The largest absolute Gasteiger partial charge is 0.374 e. The lowest BCUT2D eigenvalue weighted by atomic mass is 9.80. The average Bonchev–Trinajstić information content (AvgIpc) is 3.66. The first-order valence-electron chi connectivity index (χ1n) is 12.9. The second-order valence-corrected chi connectivity index (χ2v) is 10.7. The van der Waals surface area contributed by atoms with Crippen molar-refractivity contribution in [2.45, 2.75) is 70.6 Å². The first-order chi connectivity index (χ1) is 17.4. The number of alkyl halides is 2. The highest BCUT2D eigenvalue weighted by Gasteiger charge is 2.39. The van der Waals surface area contributed by atoms with Crippen molar-refractivity contribution in [3.05, 3.63) is 36.3 Å². The van der Waals surface area contributed by atoms with Crippen LogP contribution in [-0.4, -0.2) is 50.7 Å². The van der Waals surface area contributed by atoms with Crippen molar-refractivity contribution in [3.63, 3.8) is 0 Å². The van der Waals surface area contributed by atoms with Crippen molar-refractivity contribution in [1.29, 1.82) is 0 Å². The number of rotatable bonds is 5. The van der Waals surface area contributed by atoms with Crippen LogP contribution in [0.2, 0.25) is 0 Å². The molecule has 192 valence electrons. The van der Waals surface area contributed by atoms with Gasteiger partial charge in [-0.1, -0.05) is 13.8 Å². The minimum atomic E-state index is -2.78. The Morgan fingerprint density at radius 2 is 1.94 bits per heavy atom. The fourth-order valence-electron chi connectivity index (χ4n) is 6.06. The molecule has 2 atom stereocenters. The molecule has 1 amide bonds. The minimum Gasteiger partial charge on any atom is -0.374 e. The summed E-state index contributed by atoms with van der Waals surface area (Å²) in [6, 6.07) is 5.52. The summed E-state index contributed by atoms with van der Waals surface area (Å²) in [6.07, 6.45) is 5.53. The van der Waals surface area contributed by atoms with Crippen LogP contribution < -0.4 is 10.2 Å². The van der Waals surface area contributed by atoms with Gasteiger partial charge in [0, 0.05) is 24.3 Å². The number of hydrogen-bond donors (Lipinski definition) is 1. The van der Waals surface area contributed by atoms with E-state index in [1.807, 2.05) is 12.1 Å². The van der Waals surface area contributed by atoms with Gasteiger partial charge in [-0.25, -0.2) is 18.6 Å². The number of morpholine rings is 1. The molecule has 0 unspecified atom stereocenters. The first-order valence-corrected chi connectivity index (χ1v) is 12.9. The fourth-order valence-corrected chi connectivity index (χ4v) is 6.06. The van der Waals surface area contributed by atoms with E-state index in [2.05, 4.69) is 29.2 Å². The lowest BCUT2D eigenvalue weighted by Gasteiger charge is -2.30. The number of halogens is 2. The van der Waals surface area contributed by atoms with E-state index in [0.717, 1.165) is 49.9 Å². The number of nitrogens with zero attached hydrogens (tertiary/aromatic N) is 5. The van der Waals surface area contributed by atoms with Gasteiger partial charge in [-0.2, -0.15) is 5.10 Å². The molecule has 6 rings (SSSR count). The Labute approximate surface area is 208 Å². The topological polar surface area (TPSA) is 77.2 Å². The second kappa shape index (κ2) is 9.14. The molecule has 0 radical (unpaired) electrons. The van der Waals surface area contributed by atoms with E-state index in [9.17, 15) is 13.6 Å². The third-order valence-corrected chi connectivity index (χ3v) is 8.20. The number of aromatic nitrogens is 4. The van der Waals surface area contributed by atoms with Gasteiger partial charge in [0.25, 0.3) is 6.43 Å². The van der Waals surface area contributed by atoms with E-state index in [4.69, 9.17) is 9.72 Å². The Morgan fingerprint density at radius 1 is 1.14 bits per heavy atom. The molecule has 2 aliphatic heterocycles. The van der Waals surface area contributed by atoms with Gasteiger partial charge in [0.2, 0.25) is 0 Å². The van der Waals surface area contributed by atoms with Crippen LogP contribution in [0.4, 0.5) is 25.1 Å². The summed E-state index contributed by atoms with van der Waals surface area (Å²) in [4.78, 5) is 20.2. The van der Waals surface area contributed by atoms with Crippen molar-refractivity contribution in [1.82, 2.24) is 19.3 Å². The van der Waals surface area contributed by atoms with Crippen molar-refractivity contribution in [3.8, 4) is 0 Å². The molecule has 2 saturated heterocycles. The number of amides is 1. The van der Waals surface area contributed by atoms with Crippen LogP contribution in [0.15, 0.2) is 30.6 Å². The first kappa shape index (κ1) is 23.4. The summed E-state index contributed by atoms with van der Waals surface area (Å²) in [5.74, 6) is 2.08. The van der Waals surface area contributed by atoms with Gasteiger partial charge in [0.1, 0.15) is 5.82 Å². The molecule has 0 aromatic carbocycles. The smallest absolute Gasteiger partial charge is 0.331 e. The molecule has 10 heteroatoms. The van der Waals surface area contributed by atoms with Gasteiger partial charge < -0.3 is 15.0 Å². The van der Waals surface area contributed by atoms with E-state index in [-0.39, 0.29) is 17.8 Å². The summed E-state index contributed by atoms with van der Waals surface area (Å²) in [6.45, 7) is 5.93. The van der Waals surface area contributed by atoms with E-state index in [0.29, 0.717) is 30.1 Å². The lowest BCUT2D eigenvalue weighted by molar-refractivity contribution is 0.0989. The molecular formula is C26H32F2N6O2. The van der Waals surface area contributed by atoms with Crippen LogP contribution in [-0.2, 0) is 4.74 Å². The predicted molar refractivity (Wildman–Crippen MR) is 133 cm³/mol. The fraction of sp³-hybridized carbons (Fsp3) is 0.577. The molecule has 1 N–H and O–H groups in total. The number of carbonyl (C=O) groups is 1. The van der Waals surface area contributed by atoms with Crippen LogP contribution in [0.1, 0.15) is 64.1 Å². The summed E-state index contributed by atoms with van der Waals surface area (Å²) in [5.41, 5.74) is 0.146. The standard InChI is InChI=1S/C26H32F2N6O2/c1-15(2)16-3-6-18(7-4-16)34-13-21(23(31-34)24(27)28)29-26(35)32-10-9-17-5-8-22(30-25(17)32)33-12-20-11-19(33)14-36-20/h5,8-10,13,15-16,18-20,24H,3-4,6-7,11-12,14H2,1-2H3,(H,29,35)/t16?,18?,19-,20-/m1/s1. The van der Waals surface area contributed by atoms with Gasteiger partial charge in [-0.05, 0) is 62.1 Å². The molecule has 3 aliphatic rings. The lowest BCUT2D eigenvalue weighted by Crippen LogP contribution is -2.37. The number of nitrogens with one attached hydrogen (secondary N) is 1. The molecule has 1 aliphatic carbocycles. The summed E-state index contributed by atoms with van der Waals surface area (Å²) >= 11 is 0. The van der Waals surface area contributed by atoms with E-state index in [1.54, 1.807) is 23.1 Å². The summed E-state index contributed by atoms with van der Waals surface area (Å²) in [5, 5.41) is 7.68. The minimum absolute atomic E-state index is 0.0491. The maximum Gasteiger partial charge on any atom is 0.331 e. The molecule has 8 nitrogen and oxygen atoms in total. The third-order valence-electron chi connectivity index (χ3n) is 8.20. The Kier molecular flexibility index (Phi) is 5.94. The average molecular weight is 499 g/mol. The van der Waals surface area contributed by atoms with Gasteiger partial charge in [0.05, 0.1) is 30.5 Å². The molecule has 3 aromatic rings. The maximum absolute atomic E-state index is 13.9. The highest BCUT2D eigenvalue weighted by molar-refractivity contribution is 5.97. The van der Waals surface area contributed by atoms with Crippen LogP contribution in [0.25, 0.3) is 11.0 Å². The van der Waals surface area contributed by atoms with Crippen molar-refractivity contribution in [2.75, 3.05) is 23.4 Å². The molecule has 0 spiro atoms. The van der Waals surface area contributed by atoms with Crippen LogP contribution in [0, 0.1) is 11.8 Å². The van der Waals surface area contributed by atoms with E-state index >= 15 is 0 Å². The molecule has 5 heterocycles. The summed E-state index contributed by atoms with van der Waals surface area (Å²) < 4.78 is 36.4. The number of pyridine rings is 1. The maximum atomic E-state index is 13.9. The predicted octanol–water partition coefficient (Wildman–Crippen LogP) is 5.62. The van der Waals surface area contributed by atoms with Crippen LogP contribution >= 0.6 is 0 Å². The molecule has 3 aromatic heterocycles. The number of carbonyl (C=O) groups excluding carboxylic acids is 1. The zero-order valence-electron chi connectivity index (χ0n) is 20.6. The Bertz CT molecular complexity index is 1260. The van der Waals surface area contributed by atoms with Crippen LogP contribution in [0.5, 0.6) is 0 Å². The Hall–Kier alpha value is -3.01.